The number of piperidine rings is 1. The number of amides is 2. The lowest BCUT2D eigenvalue weighted by Crippen LogP contribution is -2.47. The monoisotopic (exact) mass is 321 g/mol. The molecule has 3 saturated heterocycles. The second-order valence-corrected chi connectivity index (χ2v) is 6.43. The molecule has 3 aliphatic heterocycles. The molecule has 0 aromatic carbocycles. The summed E-state index contributed by atoms with van der Waals surface area (Å²) in [5.41, 5.74) is 1.79. The average molecular weight is 321 g/mol. The molecule has 0 radical (unpaired) electrons. The van der Waals surface area contributed by atoms with Crippen molar-refractivity contribution in [3.8, 4) is 0 Å². The summed E-state index contributed by atoms with van der Waals surface area (Å²) in [6.45, 7) is 5.40. The van der Waals surface area contributed by atoms with Crippen LogP contribution in [0.1, 0.15) is 29.9 Å². The van der Waals surface area contributed by atoms with E-state index in [2.05, 4.69) is 5.16 Å². The number of nitrogens with zero attached hydrogens (tertiary/aromatic N) is 3. The van der Waals surface area contributed by atoms with Gasteiger partial charge in [0.2, 0.25) is 11.8 Å². The van der Waals surface area contributed by atoms with E-state index in [1.807, 2.05) is 18.7 Å². The van der Waals surface area contributed by atoms with Gasteiger partial charge >= 0.3 is 0 Å². The zero-order valence-electron chi connectivity index (χ0n) is 13.9. The Hall–Kier alpha value is -1.89. The van der Waals surface area contributed by atoms with Crippen LogP contribution in [-0.2, 0) is 20.9 Å². The van der Waals surface area contributed by atoms with Crippen LogP contribution in [0.4, 0.5) is 0 Å². The SMILES string of the molecule is COCC(=O)N1C[C@@H]2CC[C@H](C1)N(Cc1c(C)noc1C)C2=O. The number of hydrogen-bond donors (Lipinski definition) is 0. The number of fused-ring (bicyclic) bond motifs is 4. The lowest BCUT2D eigenvalue weighted by atomic mass is 9.93. The van der Waals surface area contributed by atoms with Gasteiger partial charge in [0.25, 0.3) is 0 Å². The number of aromatic nitrogens is 1. The van der Waals surface area contributed by atoms with E-state index in [4.69, 9.17) is 9.26 Å². The molecule has 126 valence electrons. The Bertz CT molecular complexity index is 593. The highest BCUT2D eigenvalue weighted by Gasteiger charge is 2.42. The fourth-order valence-electron chi connectivity index (χ4n) is 3.56. The van der Waals surface area contributed by atoms with E-state index in [0.717, 1.165) is 29.9 Å². The topological polar surface area (TPSA) is 75.9 Å². The van der Waals surface area contributed by atoms with Crippen molar-refractivity contribution in [1.29, 1.82) is 0 Å². The third kappa shape index (κ3) is 2.97. The smallest absolute Gasteiger partial charge is 0.248 e. The first-order valence-corrected chi connectivity index (χ1v) is 8.00. The molecular weight excluding hydrogens is 298 g/mol. The van der Waals surface area contributed by atoms with Crippen LogP contribution >= 0.6 is 0 Å². The third-order valence-electron chi connectivity index (χ3n) is 4.92. The maximum absolute atomic E-state index is 12.8. The standard InChI is InChI=1S/C16H23N3O4/c1-10-14(11(2)23-17-10)8-19-13-5-4-12(16(19)21)6-18(7-13)15(20)9-22-3/h12-13H,4-9H2,1-3H3/t12-,13+/m0/s1. The summed E-state index contributed by atoms with van der Waals surface area (Å²) in [5.74, 6) is 0.725. The first-order chi connectivity index (χ1) is 11.0. The minimum atomic E-state index is -0.116. The summed E-state index contributed by atoms with van der Waals surface area (Å²) < 4.78 is 10.2. The second kappa shape index (κ2) is 6.31. The number of ether oxygens (including phenoxy) is 1. The summed E-state index contributed by atoms with van der Waals surface area (Å²) in [6.07, 6.45) is 1.77. The van der Waals surface area contributed by atoms with Gasteiger partial charge in [0.05, 0.1) is 18.2 Å². The molecule has 0 unspecified atom stereocenters. The number of hydrogen-bond acceptors (Lipinski definition) is 5. The van der Waals surface area contributed by atoms with Crippen LogP contribution in [0.3, 0.4) is 0 Å². The third-order valence-corrected chi connectivity index (χ3v) is 4.92. The van der Waals surface area contributed by atoms with Crippen LogP contribution in [0.5, 0.6) is 0 Å². The van der Waals surface area contributed by atoms with E-state index in [1.165, 1.54) is 7.11 Å². The second-order valence-electron chi connectivity index (χ2n) is 6.43. The highest BCUT2D eigenvalue weighted by atomic mass is 16.5. The highest BCUT2D eigenvalue weighted by Crippen LogP contribution is 2.31. The van der Waals surface area contributed by atoms with Gasteiger partial charge in [0, 0.05) is 31.8 Å². The molecule has 3 aliphatic rings. The van der Waals surface area contributed by atoms with Crippen LogP contribution in [0.15, 0.2) is 4.52 Å². The van der Waals surface area contributed by atoms with Gasteiger partial charge in [0.1, 0.15) is 12.4 Å². The van der Waals surface area contributed by atoms with Gasteiger partial charge in [0.15, 0.2) is 0 Å². The van der Waals surface area contributed by atoms with Gasteiger partial charge in [-0.1, -0.05) is 5.16 Å². The highest BCUT2D eigenvalue weighted by molar-refractivity contribution is 5.83. The zero-order valence-corrected chi connectivity index (χ0v) is 13.9. The van der Waals surface area contributed by atoms with Crippen molar-refractivity contribution in [2.75, 3.05) is 26.8 Å². The molecule has 1 aromatic rings. The lowest BCUT2D eigenvalue weighted by molar-refractivity contribution is -0.140. The molecule has 1 aromatic heterocycles. The Balaban J connectivity index is 1.80. The molecule has 2 atom stereocenters. The summed E-state index contributed by atoms with van der Waals surface area (Å²) in [5, 5.41) is 3.97. The molecule has 4 rings (SSSR count). The molecule has 2 amide bonds. The minimum absolute atomic E-state index is 0.0450. The number of methoxy groups -OCH3 is 1. The van der Waals surface area contributed by atoms with Crippen molar-refractivity contribution < 1.29 is 18.8 Å². The molecule has 0 aliphatic carbocycles. The Labute approximate surface area is 135 Å². The van der Waals surface area contributed by atoms with Crippen LogP contribution in [-0.4, -0.2) is 59.6 Å². The quantitative estimate of drug-likeness (QED) is 0.823. The van der Waals surface area contributed by atoms with E-state index < -0.39 is 0 Å². The molecular formula is C16H23N3O4. The Morgan fingerprint density at radius 2 is 2.13 bits per heavy atom. The molecule has 0 saturated carbocycles. The van der Waals surface area contributed by atoms with Gasteiger partial charge in [-0.25, -0.2) is 0 Å². The number of carbonyl (C=O) groups is 2. The van der Waals surface area contributed by atoms with E-state index in [1.54, 1.807) is 4.90 Å². The number of carbonyl (C=O) groups excluding carboxylic acids is 2. The first-order valence-electron chi connectivity index (χ1n) is 8.00. The lowest BCUT2D eigenvalue weighted by Gasteiger charge is -2.35. The van der Waals surface area contributed by atoms with Crippen LogP contribution < -0.4 is 0 Å². The van der Waals surface area contributed by atoms with Gasteiger partial charge in [-0.15, -0.1) is 0 Å². The molecule has 3 fully saturated rings. The Kier molecular flexibility index (Phi) is 4.39. The summed E-state index contributed by atoms with van der Waals surface area (Å²) >= 11 is 0. The van der Waals surface area contributed by atoms with Gasteiger partial charge < -0.3 is 19.1 Å². The summed E-state index contributed by atoms with van der Waals surface area (Å²) in [6, 6.07) is 0.0516. The Morgan fingerprint density at radius 3 is 2.78 bits per heavy atom. The van der Waals surface area contributed by atoms with Gasteiger partial charge in [-0.3, -0.25) is 9.59 Å². The minimum Gasteiger partial charge on any atom is -0.375 e. The van der Waals surface area contributed by atoms with Gasteiger partial charge in [-0.2, -0.15) is 0 Å². The van der Waals surface area contributed by atoms with Crippen molar-refractivity contribution in [2.45, 2.75) is 39.3 Å². The molecule has 0 N–H and O–H groups in total. The maximum atomic E-state index is 12.8. The normalized spacial score (nSPS) is 24.2. The molecule has 23 heavy (non-hydrogen) atoms. The van der Waals surface area contributed by atoms with E-state index in [9.17, 15) is 9.59 Å². The van der Waals surface area contributed by atoms with Gasteiger partial charge in [-0.05, 0) is 26.7 Å². The largest absolute Gasteiger partial charge is 0.375 e. The number of aryl methyl sites for hydroxylation is 2. The van der Waals surface area contributed by atoms with E-state index in [-0.39, 0.29) is 30.4 Å². The van der Waals surface area contributed by atoms with Crippen LogP contribution in [0.25, 0.3) is 0 Å². The Morgan fingerprint density at radius 1 is 1.35 bits per heavy atom. The molecule has 4 heterocycles. The zero-order chi connectivity index (χ0) is 16.6. The summed E-state index contributed by atoms with van der Waals surface area (Å²) in [7, 11) is 1.51. The predicted molar refractivity (Wildman–Crippen MR) is 81.5 cm³/mol. The fraction of sp³-hybridized carbons (Fsp3) is 0.688. The fourth-order valence-corrected chi connectivity index (χ4v) is 3.56. The van der Waals surface area contributed by atoms with E-state index in [0.29, 0.717) is 19.6 Å². The molecule has 7 heteroatoms. The average Bonchev–Trinajstić information content (AvgIpc) is 2.71. The predicted octanol–water partition coefficient (Wildman–Crippen LogP) is 0.887. The molecule has 7 nitrogen and oxygen atoms in total. The van der Waals surface area contributed by atoms with Crippen molar-refractivity contribution in [3.05, 3.63) is 17.0 Å². The van der Waals surface area contributed by atoms with Crippen molar-refractivity contribution in [1.82, 2.24) is 15.0 Å². The van der Waals surface area contributed by atoms with Crippen LogP contribution in [0, 0.1) is 19.8 Å². The number of rotatable bonds is 4. The maximum Gasteiger partial charge on any atom is 0.248 e. The van der Waals surface area contributed by atoms with Crippen molar-refractivity contribution in [2.24, 2.45) is 5.92 Å². The first kappa shape index (κ1) is 16.0. The van der Waals surface area contributed by atoms with E-state index >= 15 is 0 Å². The molecule has 0 spiro atoms. The van der Waals surface area contributed by atoms with Crippen molar-refractivity contribution in [3.63, 3.8) is 0 Å². The summed E-state index contributed by atoms with van der Waals surface area (Å²) in [4.78, 5) is 28.6. The van der Waals surface area contributed by atoms with Crippen molar-refractivity contribution >= 4 is 11.8 Å². The van der Waals surface area contributed by atoms with Crippen LogP contribution in [0.2, 0.25) is 0 Å². The molecule has 2 bridgehead atoms.